The van der Waals surface area contributed by atoms with Crippen molar-refractivity contribution in [3.63, 3.8) is 0 Å². The second kappa shape index (κ2) is 16.3. The lowest BCUT2D eigenvalue weighted by Gasteiger charge is -2.65. The van der Waals surface area contributed by atoms with Gasteiger partial charge < -0.3 is 25.7 Å². The Morgan fingerprint density at radius 3 is 2.11 bits per heavy atom. The summed E-state index contributed by atoms with van der Waals surface area (Å²) in [7, 11) is 0. The Bertz CT molecular complexity index is 959. The van der Waals surface area contributed by atoms with Crippen LogP contribution in [0.25, 0.3) is 0 Å². The highest BCUT2D eigenvalue weighted by atomic mass is 16.4. The van der Waals surface area contributed by atoms with Gasteiger partial charge in [0.15, 0.2) is 0 Å². The quantitative estimate of drug-likeness (QED) is 0.109. The Labute approximate surface area is 273 Å². The average Bonchev–Trinajstić information content (AvgIpc) is 3.35. The van der Waals surface area contributed by atoms with Gasteiger partial charge in [-0.25, -0.2) is 0 Å². The molecule has 1 amide bonds. The third kappa shape index (κ3) is 8.11. The summed E-state index contributed by atoms with van der Waals surface area (Å²) in [6, 6.07) is 0. The molecule has 7 heteroatoms. The number of hydrogen-bond acceptors (Lipinski definition) is 5. The normalized spacial score (nSPS) is 39.8. The number of carbonyl (C=O) groups excluding carboxylic acids is 1. The molecule has 4 saturated carbocycles. The zero-order chi connectivity index (χ0) is 32.8. The highest BCUT2D eigenvalue weighted by Gasteiger charge is 2.67. The van der Waals surface area contributed by atoms with Crippen LogP contribution in [-0.4, -0.2) is 57.2 Å². The first-order valence-corrected chi connectivity index (χ1v) is 19.0. The van der Waals surface area contributed by atoms with Gasteiger partial charge in [-0.05, 0) is 104 Å². The molecule has 4 rings (SSSR count). The van der Waals surface area contributed by atoms with E-state index in [4.69, 9.17) is 5.11 Å². The summed E-state index contributed by atoms with van der Waals surface area (Å²) in [5, 5.41) is 46.2. The maximum atomic E-state index is 12.3. The number of carbonyl (C=O) groups is 2. The molecule has 4 aliphatic rings. The predicted octanol–water partition coefficient (Wildman–Crippen LogP) is 7.10. The topological polar surface area (TPSA) is 127 Å². The molecule has 4 aliphatic carbocycles. The van der Waals surface area contributed by atoms with Crippen molar-refractivity contribution in [1.82, 2.24) is 5.32 Å². The number of nitrogens with one attached hydrogen (secondary N) is 1. The van der Waals surface area contributed by atoms with Gasteiger partial charge in [-0.3, -0.25) is 9.59 Å². The van der Waals surface area contributed by atoms with E-state index in [2.05, 4.69) is 33.0 Å². The van der Waals surface area contributed by atoms with E-state index in [9.17, 15) is 24.9 Å². The first-order valence-electron chi connectivity index (χ1n) is 19.0. The first kappa shape index (κ1) is 36.7. The molecule has 45 heavy (non-hydrogen) atoms. The molecule has 5 unspecified atom stereocenters. The first-order chi connectivity index (χ1) is 21.4. The molecule has 0 spiro atoms. The van der Waals surface area contributed by atoms with Gasteiger partial charge in [0.2, 0.25) is 5.91 Å². The molecule has 0 aromatic heterocycles. The van der Waals surface area contributed by atoms with E-state index in [0.29, 0.717) is 31.1 Å². The number of carboxylic acids is 1. The van der Waals surface area contributed by atoms with E-state index in [1.54, 1.807) is 0 Å². The number of rotatable bonds is 17. The maximum absolute atomic E-state index is 12.3. The van der Waals surface area contributed by atoms with E-state index in [-0.39, 0.29) is 59.0 Å². The number of amides is 1. The fourth-order valence-electron chi connectivity index (χ4n) is 11.5. The zero-order valence-electron chi connectivity index (χ0n) is 29.0. The van der Waals surface area contributed by atoms with Gasteiger partial charge >= 0.3 is 5.97 Å². The smallest absolute Gasteiger partial charge is 0.322 e. The summed E-state index contributed by atoms with van der Waals surface area (Å²) < 4.78 is 0. The van der Waals surface area contributed by atoms with Gasteiger partial charge in [-0.2, -0.15) is 0 Å². The maximum Gasteiger partial charge on any atom is 0.322 e. The van der Waals surface area contributed by atoms with Crippen LogP contribution in [0, 0.1) is 52.3 Å². The number of aliphatic carboxylic acids is 1. The SMILES string of the molecule is CCCCCCCCCCCCC1C[C@@H](O)CC2C[C@@H](O)C3C(C[C@H](O)[C@@]4(C)C3CC[C@@H]4[C@H](C)CCC(=O)NCC(=O)O)[C@@]12C. The van der Waals surface area contributed by atoms with Crippen LogP contribution >= 0.6 is 0 Å². The van der Waals surface area contributed by atoms with Gasteiger partial charge in [0.05, 0.1) is 18.3 Å². The third-order valence-electron chi connectivity index (χ3n) is 14.0. The molecule has 0 heterocycles. The van der Waals surface area contributed by atoms with Crippen LogP contribution in [0.15, 0.2) is 0 Å². The van der Waals surface area contributed by atoms with Gasteiger partial charge in [0.25, 0.3) is 0 Å². The molecule has 7 nitrogen and oxygen atoms in total. The van der Waals surface area contributed by atoms with Crippen molar-refractivity contribution >= 4 is 11.9 Å². The summed E-state index contributed by atoms with van der Waals surface area (Å²) in [6.45, 7) is 8.82. The molecule has 0 aromatic rings. The van der Waals surface area contributed by atoms with Crippen LogP contribution < -0.4 is 5.32 Å². The summed E-state index contributed by atoms with van der Waals surface area (Å²) in [5.41, 5.74) is -0.279. The number of carboxylic acid groups (broad SMARTS) is 1. The molecule has 0 aliphatic heterocycles. The Kier molecular flexibility index (Phi) is 13.3. The summed E-state index contributed by atoms with van der Waals surface area (Å²) in [6.07, 6.45) is 19.3. The number of fused-ring (bicyclic) bond motifs is 5. The molecule has 0 saturated heterocycles. The number of aliphatic hydroxyl groups excluding tert-OH is 3. The highest BCUT2D eigenvalue weighted by Crippen LogP contribution is 2.69. The fraction of sp³-hybridized carbons (Fsp3) is 0.947. The largest absolute Gasteiger partial charge is 0.480 e. The standard InChI is InChI=1S/C38H67NO6/c1-5-6-7-8-9-10-11-12-13-14-15-26-20-28(40)21-27-22-32(41)36-30-18-17-29(25(2)16-19-34(43)39-24-35(44)45)38(30,4)33(42)23-31(36)37(26,27)3/h25-33,36,40-42H,5-24H2,1-4H3,(H,39,43)(H,44,45)/t25-,26?,27?,28-,29-,30?,31?,32-,33+,36?,37+,38-/m1/s1. The Morgan fingerprint density at radius 1 is 0.822 bits per heavy atom. The highest BCUT2D eigenvalue weighted by molar-refractivity contribution is 5.81. The van der Waals surface area contributed by atoms with E-state index in [1.807, 2.05) is 0 Å². The van der Waals surface area contributed by atoms with Crippen LogP contribution in [0.2, 0.25) is 0 Å². The Morgan fingerprint density at radius 2 is 1.47 bits per heavy atom. The van der Waals surface area contributed by atoms with Crippen molar-refractivity contribution in [2.75, 3.05) is 6.54 Å². The van der Waals surface area contributed by atoms with Gasteiger partial charge in [-0.1, -0.05) is 91.9 Å². The zero-order valence-corrected chi connectivity index (χ0v) is 29.0. The van der Waals surface area contributed by atoms with Crippen LogP contribution in [0.1, 0.15) is 150 Å². The van der Waals surface area contributed by atoms with Gasteiger partial charge in [0, 0.05) is 6.42 Å². The molecular weight excluding hydrogens is 566 g/mol. The van der Waals surface area contributed by atoms with E-state index < -0.39 is 18.2 Å². The lowest BCUT2D eigenvalue weighted by molar-refractivity contribution is -0.223. The van der Waals surface area contributed by atoms with Crippen LogP contribution in [0.4, 0.5) is 0 Å². The molecule has 4 fully saturated rings. The molecule has 0 bridgehead atoms. The van der Waals surface area contributed by atoms with Crippen LogP contribution in [-0.2, 0) is 9.59 Å². The van der Waals surface area contributed by atoms with Gasteiger partial charge in [0.1, 0.15) is 6.54 Å². The third-order valence-corrected chi connectivity index (χ3v) is 14.0. The Hall–Kier alpha value is -1.18. The number of hydrogen-bond donors (Lipinski definition) is 5. The second-order valence-corrected chi connectivity index (χ2v) is 16.4. The molecule has 12 atom stereocenters. The van der Waals surface area contributed by atoms with Gasteiger partial charge in [-0.15, -0.1) is 0 Å². The van der Waals surface area contributed by atoms with E-state index in [0.717, 1.165) is 38.5 Å². The minimum atomic E-state index is -1.04. The minimum absolute atomic E-state index is 0.0245. The average molecular weight is 634 g/mol. The van der Waals surface area contributed by atoms with Crippen LogP contribution in [0.5, 0.6) is 0 Å². The number of aliphatic hydroxyl groups is 3. The second-order valence-electron chi connectivity index (χ2n) is 16.4. The molecule has 5 N–H and O–H groups in total. The fourth-order valence-corrected chi connectivity index (χ4v) is 11.5. The van der Waals surface area contributed by atoms with E-state index in [1.165, 1.54) is 64.2 Å². The monoisotopic (exact) mass is 633 g/mol. The molecule has 0 aromatic carbocycles. The van der Waals surface area contributed by atoms with Crippen molar-refractivity contribution in [3.8, 4) is 0 Å². The lowest BCUT2D eigenvalue weighted by atomic mass is 9.40. The molecule has 0 radical (unpaired) electrons. The van der Waals surface area contributed by atoms with Crippen molar-refractivity contribution in [3.05, 3.63) is 0 Å². The van der Waals surface area contributed by atoms with E-state index >= 15 is 0 Å². The molecule has 260 valence electrons. The minimum Gasteiger partial charge on any atom is -0.480 e. The van der Waals surface area contributed by atoms with Crippen molar-refractivity contribution in [1.29, 1.82) is 0 Å². The van der Waals surface area contributed by atoms with Crippen molar-refractivity contribution < 1.29 is 30.0 Å². The summed E-state index contributed by atoms with van der Waals surface area (Å²) in [4.78, 5) is 23.1. The Balaban J connectivity index is 1.39. The molecular formula is C38H67NO6. The van der Waals surface area contributed by atoms with Crippen LogP contribution in [0.3, 0.4) is 0 Å². The summed E-state index contributed by atoms with van der Waals surface area (Å²) in [5.74, 6) is 0.610. The predicted molar refractivity (Wildman–Crippen MR) is 178 cm³/mol. The lowest BCUT2D eigenvalue weighted by Crippen LogP contribution is -2.64. The summed E-state index contributed by atoms with van der Waals surface area (Å²) >= 11 is 0. The van der Waals surface area contributed by atoms with Crippen molar-refractivity contribution in [2.24, 2.45) is 52.3 Å². The van der Waals surface area contributed by atoms with Crippen molar-refractivity contribution in [2.45, 2.75) is 168 Å². The number of unbranched alkanes of at least 4 members (excludes halogenated alkanes) is 9.